The molecule has 35 heavy (non-hydrogen) atoms. The predicted molar refractivity (Wildman–Crippen MR) is 147 cm³/mol. The molecule has 186 valence electrons. The molecule has 1 aliphatic rings. The highest BCUT2D eigenvalue weighted by Gasteiger charge is 2.31. The Bertz CT molecular complexity index is 1140. The number of carbonyl (C=O) groups excluding carboxylic acids is 2. The second-order valence-corrected chi connectivity index (χ2v) is 10.3. The quantitative estimate of drug-likeness (QED) is 0.164. The van der Waals surface area contributed by atoms with E-state index >= 15 is 0 Å². The Labute approximate surface area is 228 Å². The van der Waals surface area contributed by atoms with Crippen LogP contribution in [-0.4, -0.2) is 40.9 Å². The van der Waals surface area contributed by atoms with E-state index < -0.39 is 0 Å². The van der Waals surface area contributed by atoms with Gasteiger partial charge in [-0.05, 0) is 66.0 Å². The number of hydrogen-bond acceptors (Lipinski definition) is 7. The Kier molecular flexibility index (Phi) is 10.5. The fourth-order valence-corrected chi connectivity index (χ4v) is 5.37. The maximum Gasteiger partial charge on any atom is 0.305 e. The number of amides is 1. The molecule has 0 unspecified atom stereocenters. The van der Waals surface area contributed by atoms with Crippen LogP contribution in [0.3, 0.4) is 0 Å². The van der Waals surface area contributed by atoms with Gasteiger partial charge in [-0.3, -0.25) is 14.5 Å². The Morgan fingerprint density at radius 2 is 1.97 bits per heavy atom. The van der Waals surface area contributed by atoms with E-state index in [-0.39, 0.29) is 24.9 Å². The van der Waals surface area contributed by atoms with Crippen LogP contribution in [0, 0.1) is 0 Å². The molecule has 1 aliphatic heterocycles. The van der Waals surface area contributed by atoms with Crippen LogP contribution >= 0.6 is 51.5 Å². The number of ether oxygens (including phenoxy) is 3. The first-order valence-corrected chi connectivity index (χ1v) is 13.5. The minimum atomic E-state index is -0.279. The molecular weight excluding hydrogens is 574 g/mol. The SMILES string of the molecule is CCOC(=O)CCCN1C(=O)/C(=C/c2cc(Br)c(OCc3ccccc3Cl)c(OCC)c2)SC1=S. The molecule has 10 heteroatoms. The molecule has 0 saturated carbocycles. The summed E-state index contributed by atoms with van der Waals surface area (Å²) in [5.41, 5.74) is 1.62. The number of thioether (sulfide) groups is 1. The third kappa shape index (κ3) is 7.46. The number of benzene rings is 2. The predicted octanol–water partition coefficient (Wildman–Crippen LogP) is 6.62. The number of carbonyl (C=O) groups is 2. The standard InChI is InChI=1S/C25H25BrClNO5S2/c1-3-31-20-13-16(12-18(26)23(20)33-15-17-8-5-6-9-19(17)27)14-21-24(30)28(25(34)35-21)11-7-10-22(29)32-4-2/h5-6,8-9,12-14H,3-4,7,10-11,15H2,1-2H3/b21-14-. The topological polar surface area (TPSA) is 65.1 Å². The van der Waals surface area contributed by atoms with Crippen molar-refractivity contribution in [3.63, 3.8) is 0 Å². The molecule has 0 bridgehead atoms. The molecule has 1 amide bonds. The normalized spacial score (nSPS) is 14.5. The average molecular weight is 599 g/mol. The van der Waals surface area contributed by atoms with Crippen molar-refractivity contribution in [1.82, 2.24) is 4.90 Å². The van der Waals surface area contributed by atoms with Gasteiger partial charge in [0, 0.05) is 23.6 Å². The minimum absolute atomic E-state index is 0.183. The molecule has 1 saturated heterocycles. The van der Waals surface area contributed by atoms with E-state index in [1.54, 1.807) is 13.0 Å². The van der Waals surface area contributed by atoms with Gasteiger partial charge in [0.2, 0.25) is 0 Å². The number of halogens is 2. The van der Waals surface area contributed by atoms with Crippen LogP contribution < -0.4 is 9.47 Å². The molecule has 2 aromatic carbocycles. The fourth-order valence-electron chi connectivity index (χ4n) is 3.30. The molecular formula is C25H25BrClNO5S2. The zero-order chi connectivity index (χ0) is 25.4. The van der Waals surface area contributed by atoms with Crippen LogP contribution in [0.1, 0.15) is 37.8 Å². The van der Waals surface area contributed by atoms with Gasteiger partial charge in [-0.1, -0.05) is 53.8 Å². The van der Waals surface area contributed by atoms with Crippen molar-refractivity contribution in [3.05, 3.63) is 61.9 Å². The van der Waals surface area contributed by atoms with Crippen molar-refractivity contribution in [3.8, 4) is 11.5 Å². The van der Waals surface area contributed by atoms with E-state index in [9.17, 15) is 9.59 Å². The highest BCUT2D eigenvalue weighted by molar-refractivity contribution is 9.10. The molecule has 0 N–H and O–H groups in total. The van der Waals surface area contributed by atoms with Crippen LogP contribution in [0.15, 0.2) is 45.8 Å². The van der Waals surface area contributed by atoms with Crippen molar-refractivity contribution in [2.75, 3.05) is 19.8 Å². The number of thiocarbonyl (C=S) groups is 1. The molecule has 3 rings (SSSR count). The summed E-state index contributed by atoms with van der Waals surface area (Å²) >= 11 is 16.4. The van der Waals surface area contributed by atoms with Gasteiger partial charge in [-0.15, -0.1) is 0 Å². The Morgan fingerprint density at radius 1 is 1.20 bits per heavy atom. The maximum absolute atomic E-state index is 12.9. The number of nitrogens with zero attached hydrogens (tertiary/aromatic N) is 1. The van der Waals surface area contributed by atoms with Crippen LogP contribution in [0.25, 0.3) is 6.08 Å². The molecule has 0 radical (unpaired) electrons. The number of esters is 1. The van der Waals surface area contributed by atoms with E-state index in [0.29, 0.717) is 56.4 Å². The van der Waals surface area contributed by atoms with Crippen LogP contribution in [0.5, 0.6) is 11.5 Å². The Hall–Kier alpha value is -2.07. The molecule has 0 spiro atoms. The lowest BCUT2D eigenvalue weighted by Gasteiger charge is -2.15. The summed E-state index contributed by atoms with van der Waals surface area (Å²) in [5, 5.41) is 0.627. The number of rotatable bonds is 11. The molecule has 0 aliphatic carbocycles. The van der Waals surface area contributed by atoms with Crippen molar-refractivity contribution in [2.45, 2.75) is 33.3 Å². The molecule has 2 aromatic rings. The van der Waals surface area contributed by atoms with Crippen molar-refractivity contribution >= 4 is 73.8 Å². The van der Waals surface area contributed by atoms with Crippen molar-refractivity contribution < 1.29 is 23.8 Å². The lowest BCUT2D eigenvalue weighted by molar-refractivity contribution is -0.143. The zero-order valence-corrected chi connectivity index (χ0v) is 23.3. The second kappa shape index (κ2) is 13.3. The fraction of sp³-hybridized carbons (Fsp3) is 0.320. The van der Waals surface area contributed by atoms with Gasteiger partial charge in [0.15, 0.2) is 11.5 Å². The average Bonchev–Trinajstić information content (AvgIpc) is 3.07. The van der Waals surface area contributed by atoms with Gasteiger partial charge in [0.1, 0.15) is 10.9 Å². The van der Waals surface area contributed by atoms with E-state index in [1.807, 2.05) is 43.3 Å². The summed E-state index contributed by atoms with van der Waals surface area (Å²) in [6.07, 6.45) is 2.50. The minimum Gasteiger partial charge on any atom is -0.490 e. The molecule has 1 fully saturated rings. The summed E-state index contributed by atoms with van der Waals surface area (Å²) in [5.74, 6) is 0.635. The smallest absolute Gasteiger partial charge is 0.305 e. The summed E-state index contributed by atoms with van der Waals surface area (Å²) in [4.78, 5) is 26.5. The van der Waals surface area contributed by atoms with E-state index in [4.69, 9.17) is 38.0 Å². The second-order valence-electron chi connectivity index (χ2n) is 7.39. The first kappa shape index (κ1) is 27.5. The van der Waals surface area contributed by atoms with E-state index in [2.05, 4.69) is 15.9 Å². The van der Waals surface area contributed by atoms with E-state index in [1.165, 1.54) is 16.7 Å². The molecule has 1 heterocycles. The van der Waals surface area contributed by atoms with Crippen molar-refractivity contribution in [2.24, 2.45) is 0 Å². The lowest BCUT2D eigenvalue weighted by atomic mass is 10.1. The highest BCUT2D eigenvalue weighted by atomic mass is 79.9. The largest absolute Gasteiger partial charge is 0.490 e. The Morgan fingerprint density at radius 3 is 2.69 bits per heavy atom. The number of hydrogen-bond donors (Lipinski definition) is 0. The van der Waals surface area contributed by atoms with Gasteiger partial charge in [0.25, 0.3) is 5.91 Å². The summed E-state index contributed by atoms with van der Waals surface area (Å²) in [7, 11) is 0. The lowest BCUT2D eigenvalue weighted by Crippen LogP contribution is -2.29. The third-order valence-corrected chi connectivity index (χ3v) is 7.24. The van der Waals surface area contributed by atoms with Gasteiger partial charge in [0.05, 0.1) is 22.6 Å². The molecule has 0 atom stereocenters. The monoisotopic (exact) mass is 597 g/mol. The first-order chi connectivity index (χ1) is 16.8. The van der Waals surface area contributed by atoms with Gasteiger partial charge >= 0.3 is 5.97 Å². The highest BCUT2D eigenvalue weighted by Crippen LogP contribution is 2.40. The van der Waals surface area contributed by atoms with Gasteiger partial charge in [-0.25, -0.2) is 0 Å². The van der Waals surface area contributed by atoms with Crippen LogP contribution in [0.2, 0.25) is 5.02 Å². The summed E-state index contributed by atoms with van der Waals surface area (Å²) in [6.45, 7) is 5.08. The Balaban J connectivity index is 1.75. The molecule has 6 nitrogen and oxygen atoms in total. The van der Waals surface area contributed by atoms with Crippen LogP contribution in [0.4, 0.5) is 0 Å². The zero-order valence-electron chi connectivity index (χ0n) is 19.3. The van der Waals surface area contributed by atoms with Crippen LogP contribution in [-0.2, 0) is 20.9 Å². The first-order valence-electron chi connectivity index (χ1n) is 11.1. The van der Waals surface area contributed by atoms with Crippen molar-refractivity contribution in [1.29, 1.82) is 0 Å². The maximum atomic E-state index is 12.9. The van der Waals surface area contributed by atoms with E-state index in [0.717, 1.165) is 11.1 Å². The summed E-state index contributed by atoms with van der Waals surface area (Å²) < 4.78 is 17.9. The summed E-state index contributed by atoms with van der Waals surface area (Å²) in [6, 6.07) is 11.2. The third-order valence-electron chi connectivity index (χ3n) is 4.90. The molecule has 0 aromatic heterocycles. The van der Waals surface area contributed by atoms with Gasteiger partial charge in [-0.2, -0.15) is 0 Å². The van der Waals surface area contributed by atoms with Gasteiger partial charge < -0.3 is 14.2 Å².